The number of halogens is 1. The van der Waals surface area contributed by atoms with Crippen molar-refractivity contribution in [1.29, 1.82) is 0 Å². The van der Waals surface area contributed by atoms with Gasteiger partial charge in [0.15, 0.2) is 12.4 Å². The highest BCUT2D eigenvalue weighted by atomic mass is 35.5. The Balaban J connectivity index is 1.92. The van der Waals surface area contributed by atoms with Crippen molar-refractivity contribution in [3.05, 3.63) is 59.1 Å². The molecule has 7 nitrogen and oxygen atoms in total. The fraction of sp³-hybridized carbons (Fsp3) is 0.222. The minimum Gasteiger partial charge on any atom is -0.497 e. The SMILES string of the molecule is COc1ccc(C(=O)COC(=O)CN(C)S(=O)(=O)c2ccc(Cl)cc2)cc1. The molecule has 0 bridgehead atoms. The Morgan fingerprint density at radius 1 is 1.04 bits per heavy atom. The third-order valence-electron chi connectivity index (χ3n) is 3.65. The summed E-state index contributed by atoms with van der Waals surface area (Å²) in [4.78, 5) is 23.9. The Bertz CT molecular complexity index is 910. The lowest BCUT2D eigenvalue weighted by Gasteiger charge is -2.16. The zero-order chi connectivity index (χ0) is 20.0. The van der Waals surface area contributed by atoms with Gasteiger partial charge in [0.2, 0.25) is 10.0 Å². The van der Waals surface area contributed by atoms with Crippen molar-refractivity contribution in [3.63, 3.8) is 0 Å². The second-order valence-electron chi connectivity index (χ2n) is 5.53. The molecule has 0 fully saturated rings. The van der Waals surface area contributed by atoms with Crippen LogP contribution in [0.15, 0.2) is 53.4 Å². The molecule has 9 heteroatoms. The third kappa shape index (κ3) is 5.53. The molecule has 0 radical (unpaired) electrons. The molecule has 2 aromatic carbocycles. The molecule has 0 atom stereocenters. The predicted octanol–water partition coefficient (Wildman–Crippen LogP) is 2.40. The number of ketones is 1. The number of hydrogen-bond acceptors (Lipinski definition) is 6. The van der Waals surface area contributed by atoms with Gasteiger partial charge in [-0.05, 0) is 48.5 Å². The zero-order valence-corrected chi connectivity index (χ0v) is 16.3. The lowest BCUT2D eigenvalue weighted by Crippen LogP contribution is -2.33. The fourth-order valence-corrected chi connectivity index (χ4v) is 3.35. The number of likely N-dealkylation sites (N-methyl/N-ethyl adjacent to an activating group) is 1. The van der Waals surface area contributed by atoms with Gasteiger partial charge in [-0.1, -0.05) is 11.6 Å². The standard InChI is InChI=1S/C18H18ClNO6S/c1-20(27(23,24)16-9-5-14(19)6-10-16)11-18(22)26-12-17(21)13-3-7-15(25-2)8-4-13/h3-10H,11-12H2,1-2H3. The van der Waals surface area contributed by atoms with E-state index in [4.69, 9.17) is 21.1 Å². The molecule has 0 unspecified atom stereocenters. The Labute approximate surface area is 162 Å². The van der Waals surface area contributed by atoms with Crippen molar-refractivity contribution in [2.75, 3.05) is 27.3 Å². The van der Waals surface area contributed by atoms with Crippen molar-refractivity contribution in [3.8, 4) is 5.75 Å². The van der Waals surface area contributed by atoms with Crippen LogP contribution in [0.25, 0.3) is 0 Å². The van der Waals surface area contributed by atoms with Crippen LogP contribution in [0.5, 0.6) is 5.75 Å². The average Bonchev–Trinajstić information content (AvgIpc) is 2.66. The number of ether oxygens (including phenoxy) is 2. The highest BCUT2D eigenvalue weighted by molar-refractivity contribution is 7.89. The highest BCUT2D eigenvalue weighted by Crippen LogP contribution is 2.17. The van der Waals surface area contributed by atoms with Crippen molar-refractivity contribution >= 4 is 33.4 Å². The average molecular weight is 412 g/mol. The maximum atomic E-state index is 12.4. The molecule has 0 saturated carbocycles. The largest absolute Gasteiger partial charge is 0.497 e. The van der Waals surface area contributed by atoms with Crippen LogP contribution < -0.4 is 4.74 Å². The first-order valence-corrected chi connectivity index (χ1v) is 9.60. The second-order valence-corrected chi connectivity index (χ2v) is 8.01. The smallest absolute Gasteiger partial charge is 0.321 e. The van der Waals surface area contributed by atoms with Gasteiger partial charge in [-0.3, -0.25) is 9.59 Å². The molecule has 27 heavy (non-hydrogen) atoms. The van der Waals surface area contributed by atoms with E-state index in [1.165, 1.54) is 38.4 Å². The highest BCUT2D eigenvalue weighted by Gasteiger charge is 2.24. The number of sulfonamides is 1. The molecule has 2 aromatic rings. The summed E-state index contributed by atoms with van der Waals surface area (Å²) in [6.45, 7) is -1.01. The number of carbonyl (C=O) groups is 2. The summed E-state index contributed by atoms with van der Waals surface area (Å²) >= 11 is 5.74. The number of methoxy groups -OCH3 is 1. The molecule has 0 amide bonds. The van der Waals surface area contributed by atoms with E-state index in [1.54, 1.807) is 24.3 Å². The van der Waals surface area contributed by atoms with Crippen LogP contribution in [-0.2, 0) is 19.6 Å². The van der Waals surface area contributed by atoms with Gasteiger partial charge in [0.25, 0.3) is 0 Å². The van der Waals surface area contributed by atoms with Crippen LogP contribution in [0.1, 0.15) is 10.4 Å². The van der Waals surface area contributed by atoms with E-state index in [9.17, 15) is 18.0 Å². The Kier molecular flexibility index (Phi) is 6.95. The number of benzene rings is 2. The molecule has 0 heterocycles. The van der Waals surface area contributed by atoms with E-state index >= 15 is 0 Å². The summed E-state index contributed by atoms with van der Waals surface area (Å²) in [7, 11) is -1.12. The van der Waals surface area contributed by atoms with Crippen molar-refractivity contribution in [1.82, 2.24) is 4.31 Å². The van der Waals surface area contributed by atoms with Crippen molar-refractivity contribution in [2.24, 2.45) is 0 Å². The first kappa shape index (κ1) is 20.9. The summed E-state index contributed by atoms with van der Waals surface area (Å²) < 4.78 is 35.5. The summed E-state index contributed by atoms with van der Waals surface area (Å²) in [5.74, 6) is -0.649. The van der Waals surface area contributed by atoms with Crippen LogP contribution in [0, 0.1) is 0 Å². The quantitative estimate of drug-likeness (QED) is 0.489. The van der Waals surface area contributed by atoms with E-state index < -0.39 is 34.9 Å². The van der Waals surface area contributed by atoms with Gasteiger partial charge in [0.05, 0.1) is 12.0 Å². The maximum absolute atomic E-state index is 12.4. The van der Waals surface area contributed by atoms with Gasteiger partial charge in [0, 0.05) is 17.6 Å². The molecule has 0 aliphatic carbocycles. The molecule has 0 spiro atoms. The van der Waals surface area contributed by atoms with Gasteiger partial charge in [-0.2, -0.15) is 4.31 Å². The third-order valence-corrected chi connectivity index (χ3v) is 5.72. The Hall–Kier alpha value is -2.42. The molecule has 144 valence electrons. The van der Waals surface area contributed by atoms with Gasteiger partial charge < -0.3 is 9.47 Å². The Morgan fingerprint density at radius 3 is 2.19 bits per heavy atom. The lowest BCUT2D eigenvalue weighted by atomic mass is 10.1. The Morgan fingerprint density at radius 2 is 1.63 bits per heavy atom. The number of esters is 1. The van der Waals surface area contributed by atoms with E-state index in [1.807, 2.05) is 0 Å². The van der Waals surface area contributed by atoms with Crippen LogP contribution in [0.4, 0.5) is 0 Å². The molecular weight excluding hydrogens is 394 g/mol. The first-order valence-electron chi connectivity index (χ1n) is 7.79. The van der Waals surface area contributed by atoms with Crippen molar-refractivity contribution in [2.45, 2.75) is 4.90 Å². The summed E-state index contributed by atoms with van der Waals surface area (Å²) in [6, 6.07) is 11.9. The molecule has 0 saturated heterocycles. The molecule has 0 aromatic heterocycles. The van der Waals surface area contributed by atoms with Gasteiger partial charge >= 0.3 is 5.97 Å². The minimum absolute atomic E-state index is 0.00323. The van der Waals surface area contributed by atoms with Crippen LogP contribution >= 0.6 is 11.6 Å². The number of nitrogens with zero attached hydrogens (tertiary/aromatic N) is 1. The molecular formula is C18H18ClNO6S. The van der Waals surface area contributed by atoms with Gasteiger partial charge in [0.1, 0.15) is 12.3 Å². The number of Topliss-reactive ketones (excluding diaryl/α,β-unsaturated/α-hetero) is 1. The lowest BCUT2D eigenvalue weighted by molar-refractivity contribution is -0.142. The summed E-state index contributed by atoms with van der Waals surface area (Å²) in [6.07, 6.45) is 0. The van der Waals surface area contributed by atoms with E-state index in [2.05, 4.69) is 0 Å². The molecule has 2 rings (SSSR count). The second kappa shape index (κ2) is 8.98. The van der Waals surface area contributed by atoms with Gasteiger partial charge in [-0.15, -0.1) is 0 Å². The number of rotatable bonds is 8. The number of carbonyl (C=O) groups excluding carboxylic acids is 2. The molecule has 0 N–H and O–H groups in total. The topological polar surface area (TPSA) is 90.0 Å². The monoisotopic (exact) mass is 411 g/mol. The molecule has 0 aliphatic heterocycles. The van der Waals surface area contributed by atoms with Crippen LogP contribution in [-0.4, -0.2) is 51.8 Å². The zero-order valence-electron chi connectivity index (χ0n) is 14.7. The summed E-state index contributed by atoms with van der Waals surface area (Å²) in [5, 5.41) is 0.396. The van der Waals surface area contributed by atoms with Gasteiger partial charge in [-0.25, -0.2) is 8.42 Å². The molecule has 0 aliphatic rings. The maximum Gasteiger partial charge on any atom is 0.321 e. The normalized spacial score (nSPS) is 11.3. The van der Waals surface area contributed by atoms with E-state index in [0.717, 1.165) is 4.31 Å². The first-order chi connectivity index (χ1) is 12.7. The van der Waals surface area contributed by atoms with Crippen LogP contribution in [0.2, 0.25) is 5.02 Å². The minimum atomic E-state index is -3.87. The fourth-order valence-electron chi connectivity index (χ4n) is 2.11. The number of hydrogen-bond donors (Lipinski definition) is 0. The van der Waals surface area contributed by atoms with E-state index in [-0.39, 0.29) is 4.90 Å². The van der Waals surface area contributed by atoms with Crippen molar-refractivity contribution < 1.29 is 27.5 Å². The summed E-state index contributed by atoms with van der Waals surface area (Å²) in [5.41, 5.74) is 0.353. The predicted molar refractivity (Wildman–Crippen MR) is 99.6 cm³/mol. The van der Waals surface area contributed by atoms with E-state index in [0.29, 0.717) is 16.3 Å². The van der Waals surface area contributed by atoms with Crippen LogP contribution in [0.3, 0.4) is 0 Å².